The molecule has 0 bridgehead atoms. The van der Waals surface area contributed by atoms with Crippen molar-refractivity contribution in [3.05, 3.63) is 52.0 Å². The zero-order valence-electron chi connectivity index (χ0n) is 14.0. The molecule has 2 aromatic rings. The van der Waals surface area contributed by atoms with Crippen molar-refractivity contribution in [3.8, 4) is 0 Å². The summed E-state index contributed by atoms with van der Waals surface area (Å²) in [6.45, 7) is 5.50. The molecule has 6 heteroatoms. The normalized spacial score (nSPS) is 17.8. The summed E-state index contributed by atoms with van der Waals surface area (Å²) in [6, 6.07) is 10.6. The minimum Gasteiger partial charge on any atom is -0.338 e. The van der Waals surface area contributed by atoms with Gasteiger partial charge in [-0.1, -0.05) is 30.3 Å². The van der Waals surface area contributed by atoms with Gasteiger partial charge in [-0.05, 0) is 18.9 Å². The van der Waals surface area contributed by atoms with Gasteiger partial charge in [0.05, 0.1) is 10.7 Å². The Balaban J connectivity index is 1.35. The predicted octanol–water partition coefficient (Wildman–Crippen LogP) is 2.57. The maximum absolute atomic E-state index is 12.0. The van der Waals surface area contributed by atoms with Crippen molar-refractivity contribution >= 4 is 17.4 Å². The quantitative estimate of drug-likeness (QED) is 0.847. The molecule has 24 heavy (non-hydrogen) atoms. The van der Waals surface area contributed by atoms with Gasteiger partial charge in [-0.2, -0.15) is 0 Å². The molecule has 1 aromatic heterocycles. The molecule has 5 nitrogen and oxygen atoms in total. The second-order valence-corrected chi connectivity index (χ2v) is 7.28. The van der Waals surface area contributed by atoms with E-state index in [-0.39, 0.29) is 12.1 Å². The molecule has 3 rings (SSSR count). The molecule has 0 aliphatic carbocycles. The van der Waals surface area contributed by atoms with Crippen LogP contribution in [0, 0.1) is 6.92 Å². The number of nitrogens with one attached hydrogen (secondary N) is 2. The van der Waals surface area contributed by atoms with Gasteiger partial charge in [-0.15, -0.1) is 11.3 Å². The minimum atomic E-state index is -0.0755. The summed E-state index contributed by atoms with van der Waals surface area (Å²) in [5.74, 6) is 0. The molecule has 0 saturated carbocycles. The van der Waals surface area contributed by atoms with Crippen molar-refractivity contribution < 1.29 is 4.79 Å². The number of carbonyl (C=O) groups is 1. The van der Waals surface area contributed by atoms with Crippen molar-refractivity contribution in [2.45, 2.75) is 32.4 Å². The number of urea groups is 1. The van der Waals surface area contributed by atoms with Crippen LogP contribution in [-0.2, 0) is 13.0 Å². The Morgan fingerprint density at radius 3 is 2.96 bits per heavy atom. The highest BCUT2D eigenvalue weighted by Crippen LogP contribution is 2.13. The van der Waals surface area contributed by atoms with Crippen LogP contribution in [-0.4, -0.2) is 41.6 Å². The Morgan fingerprint density at radius 2 is 2.21 bits per heavy atom. The van der Waals surface area contributed by atoms with Gasteiger partial charge in [0.2, 0.25) is 0 Å². The Hall–Kier alpha value is -1.92. The first kappa shape index (κ1) is 16.9. The summed E-state index contributed by atoms with van der Waals surface area (Å²) < 4.78 is 0. The Bertz CT molecular complexity index is 658. The number of aromatic nitrogens is 1. The third-order valence-electron chi connectivity index (χ3n) is 4.19. The highest BCUT2D eigenvalue weighted by Gasteiger charge is 2.23. The van der Waals surface area contributed by atoms with Crippen LogP contribution >= 0.6 is 11.3 Å². The first-order chi connectivity index (χ1) is 11.7. The summed E-state index contributed by atoms with van der Waals surface area (Å²) in [4.78, 5) is 18.8. The number of carbonyl (C=O) groups excluding carboxylic acids is 1. The van der Waals surface area contributed by atoms with E-state index in [4.69, 9.17) is 0 Å². The van der Waals surface area contributed by atoms with E-state index in [1.165, 1.54) is 5.56 Å². The molecule has 0 spiro atoms. The fourth-order valence-corrected chi connectivity index (χ4v) is 3.65. The second-order valence-electron chi connectivity index (χ2n) is 6.21. The van der Waals surface area contributed by atoms with Crippen molar-refractivity contribution in [3.63, 3.8) is 0 Å². The van der Waals surface area contributed by atoms with Crippen LogP contribution in [0.2, 0.25) is 0 Å². The fourth-order valence-electron chi connectivity index (χ4n) is 3.00. The lowest BCUT2D eigenvalue weighted by Crippen LogP contribution is -2.43. The van der Waals surface area contributed by atoms with Gasteiger partial charge in [0.15, 0.2) is 0 Å². The lowest BCUT2D eigenvalue weighted by molar-refractivity contribution is 0.236. The van der Waals surface area contributed by atoms with Crippen molar-refractivity contribution in [1.82, 2.24) is 20.5 Å². The van der Waals surface area contributed by atoms with Crippen LogP contribution in [0.3, 0.4) is 0 Å². The number of nitrogens with zero attached hydrogens (tertiary/aromatic N) is 2. The number of hydrogen-bond acceptors (Lipinski definition) is 4. The number of hydrogen-bond donors (Lipinski definition) is 2. The lowest BCUT2D eigenvalue weighted by atomic mass is 10.2. The van der Waals surface area contributed by atoms with Gasteiger partial charge >= 0.3 is 6.03 Å². The Morgan fingerprint density at radius 1 is 1.38 bits per heavy atom. The van der Waals surface area contributed by atoms with E-state index in [9.17, 15) is 4.79 Å². The van der Waals surface area contributed by atoms with E-state index in [1.54, 1.807) is 11.3 Å². The number of likely N-dealkylation sites (tertiary alicyclic amines) is 1. The molecule has 0 unspecified atom stereocenters. The van der Waals surface area contributed by atoms with Gasteiger partial charge < -0.3 is 10.6 Å². The number of aryl methyl sites for hydroxylation is 1. The summed E-state index contributed by atoms with van der Waals surface area (Å²) in [5, 5.41) is 9.12. The Kier molecular flexibility index (Phi) is 5.82. The monoisotopic (exact) mass is 344 g/mol. The first-order valence-electron chi connectivity index (χ1n) is 8.41. The maximum Gasteiger partial charge on any atom is 0.315 e. The van der Waals surface area contributed by atoms with Crippen molar-refractivity contribution in [1.29, 1.82) is 0 Å². The molecule has 1 aliphatic heterocycles. The third-order valence-corrected chi connectivity index (χ3v) is 5.01. The van der Waals surface area contributed by atoms with Gasteiger partial charge in [-0.3, -0.25) is 4.90 Å². The van der Waals surface area contributed by atoms with E-state index in [0.29, 0.717) is 6.54 Å². The predicted molar refractivity (Wildman–Crippen MR) is 97.2 cm³/mol. The van der Waals surface area contributed by atoms with Gasteiger partial charge in [0.25, 0.3) is 0 Å². The molecular formula is C18H24N4OS. The Labute approximate surface area is 147 Å². The van der Waals surface area contributed by atoms with Gasteiger partial charge in [0.1, 0.15) is 0 Å². The van der Waals surface area contributed by atoms with E-state index in [2.05, 4.69) is 44.8 Å². The molecule has 2 heterocycles. The maximum atomic E-state index is 12.0. The third kappa shape index (κ3) is 5.04. The van der Waals surface area contributed by atoms with Crippen LogP contribution < -0.4 is 10.6 Å². The average Bonchev–Trinajstić information content (AvgIpc) is 3.17. The molecule has 1 atom stereocenters. The second kappa shape index (κ2) is 8.26. The lowest BCUT2D eigenvalue weighted by Gasteiger charge is -2.17. The van der Waals surface area contributed by atoms with E-state index in [1.807, 2.05) is 18.4 Å². The van der Waals surface area contributed by atoms with E-state index >= 15 is 0 Å². The average molecular weight is 344 g/mol. The summed E-state index contributed by atoms with van der Waals surface area (Å²) in [5.41, 5.74) is 2.37. The number of benzene rings is 1. The smallest absolute Gasteiger partial charge is 0.315 e. The van der Waals surface area contributed by atoms with Gasteiger partial charge in [-0.25, -0.2) is 9.78 Å². The van der Waals surface area contributed by atoms with E-state index < -0.39 is 0 Å². The molecule has 1 aliphatic rings. The molecule has 128 valence electrons. The standard InChI is InChI=1S/C18H24N4OS/c1-14-20-17(13-24-14)7-9-19-18(23)21-16-8-10-22(12-16)11-15-5-3-2-4-6-15/h2-6,13,16H,7-12H2,1H3,(H2,19,21,23)/t16-/m0/s1. The van der Waals surface area contributed by atoms with Crippen LogP contribution in [0.25, 0.3) is 0 Å². The first-order valence-corrected chi connectivity index (χ1v) is 9.28. The molecular weight excluding hydrogens is 320 g/mol. The van der Waals surface area contributed by atoms with Crippen LogP contribution in [0.15, 0.2) is 35.7 Å². The fraction of sp³-hybridized carbons (Fsp3) is 0.444. The van der Waals surface area contributed by atoms with Crippen LogP contribution in [0.5, 0.6) is 0 Å². The zero-order valence-corrected chi connectivity index (χ0v) is 14.8. The molecule has 2 amide bonds. The topological polar surface area (TPSA) is 57.3 Å². The molecule has 0 radical (unpaired) electrons. The SMILES string of the molecule is Cc1nc(CCNC(=O)N[C@H]2CCN(Cc3ccccc3)C2)cs1. The highest BCUT2D eigenvalue weighted by atomic mass is 32.1. The van der Waals surface area contributed by atoms with E-state index in [0.717, 1.165) is 43.2 Å². The van der Waals surface area contributed by atoms with Crippen LogP contribution in [0.4, 0.5) is 4.79 Å². The van der Waals surface area contributed by atoms with Gasteiger partial charge in [0, 0.05) is 44.0 Å². The molecule has 1 fully saturated rings. The molecule has 2 N–H and O–H groups in total. The molecule has 1 aromatic carbocycles. The number of rotatable bonds is 6. The number of amides is 2. The summed E-state index contributed by atoms with van der Waals surface area (Å²) in [7, 11) is 0. The summed E-state index contributed by atoms with van der Waals surface area (Å²) >= 11 is 1.65. The summed E-state index contributed by atoms with van der Waals surface area (Å²) in [6.07, 6.45) is 1.79. The molecule has 1 saturated heterocycles. The van der Waals surface area contributed by atoms with Crippen molar-refractivity contribution in [2.24, 2.45) is 0 Å². The zero-order chi connectivity index (χ0) is 16.8. The van der Waals surface area contributed by atoms with Crippen molar-refractivity contribution in [2.75, 3.05) is 19.6 Å². The largest absolute Gasteiger partial charge is 0.338 e. The number of thiazole rings is 1. The highest BCUT2D eigenvalue weighted by molar-refractivity contribution is 7.09. The van der Waals surface area contributed by atoms with Crippen LogP contribution in [0.1, 0.15) is 22.7 Å². The minimum absolute atomic E-state index is 0.0755.